The van der Waals surface area contributed by atoms with Gasteiger partial charge in [-0.2, -0.15) is 5.26 Å². The molecule has 0 aromatic carbocycles. The van der Waals surface area contributed by atoms with E-state index in [1.165, 1.54) is 6.08 Å². The molecule has 2 atom stereocenters. The number of hydrogen-bond acceptors (Lipinski definition) is 4. The predicted octanol–water partition coefficient (Wildman–Crippen LogP) is 2.87. The third-order valence-corrected chi connectivity index (χ3v) is 3.02. The third-order valence-electron chi connectivity index (χ3n) is 3.02. The fraction of sp³-hybridized carbons (Fsp3) is 0.429. The molecule has 0 bridgehead atoms. The quantitative estimate of drug-likeness (QED) is 0.465. The Labute approximate surface area is 106 Å². The number of ether oxygens (including phenoxy) is 1. The largest absolute Gasteiger partial charge is 0.462 e. The van der Waals surface area contributed by atoms with E-state index < -0.39 is 5.97 Å². The number of carbonyl (C=O) groups is 1. The summed E-state index contributed by atoms with van der Waals surface area (Å²) in [6, 6.07) is 5.50. The molecule has 0 radical (unpaired) electrons. The second-order valence-electron chi connectivity index (χ2n) is 4.45. The van der Waals surface area contributed by atoms with Crippen molar-refractivity contribution in [3.05, 3.63) is 29.2 Å². The monoisotopic (exact) mass is 245 g/mol. The summed E-state index contributed by atoms with van der Waals surface area (Å²) in [5, 5.41) is 8.89. The molecule has 1 aliphatic rings. The molecule has 18 heavy (non-hydrogen) atoms. The van der Waals surface area contributed by atoms with Crippen molar-refractivity contribution in [2.75, 3.05) is 6.61 Å². The number of furan rings is 1. The highest BCUT2D eigenvalue weighted by atomic mass is 16.5. The summed E-state index contributed by atoms with van der Waals surface area (Å²) in [7, 11) is 0. The fourth-order valence-electron chi connectivity index (χ4n) is 1.85. The Kier molecular flexibility index (Phi) is 3.52. The van der Waals surface area contributed by atoms with Crippen LogP contribution in [0.4, 0.5) is 0 Å². The Morgan fingerprint density at radius 1 is 1.67 bits per heavy atom. The van der Waals surface area contributed by atoms with E-state index in [2.05, 4.69) is 6.92 Å². The van der Waals surface area contributed by atoms with Gasteiger partial charge in [-0.15, -0.1) is 0 Å². The molecule has 1 aromatic heterocycles. The van der Waals surface area contributed by atoms with Crippen molar-refractivity contribution in [3.63, 3.8) is 0 Å². The molecule has 1 saturated carbocycles. The maximum atomic E-state index is 11.4. The Bertz CT molecular complexity index is 521. The van der Waals surface area contributed by atoms with E-state index in [-0.39, 0.29) is 12.2 Å². The van der Waals surface area contributed by atoms with Gasteiger partial charge in [0.2, 0.25) is 0 Å². The van der Waals surface area contributed by atoms with Gasteiger partial charge in [-0.25, -0.2) is 4.79 Å². The first-order chi connectivity index (χ1) is 8.65. The van der Waals surface area contributed by atoms with Crippen molar-refractivity contribution in [1.29, 1.82) is 5.26 Å². The summed E-state index contributed by atoms with van der Waals surface area (Å²) >= 11 is 0. The zero-order valence-corrected chi connectivity index (χ0v) is 10.5. The van der Waals surface area contributed by atoms with E-state index in [4.69, 9.17) is 14.4 Å². The van der Waals surface area contributed by atoms with Gasteiger partial charge in [0.15, 0.2) is 0 Å². The van der Waals surface area contributed by atoms with Crippen LogP contribution < -0.4 is 0 Å². The van der Waals surface area contributed by atoms with Gasteiger partial charge in [0.25, 0.3) is 0 Å². The molecular formula is C14H15NO3. The summed E-state index contributed by atoms with van der Waals surface area (Å²) in [6.07, 6.45) is 2.56. The van der Waals surface area contributed by atoms with Crippen LogP contribution in [0.5, 0.6) is 0 Å². The van der Waals surface area contributed by atoms with Crippen molar-refractivity contribution in [2.45, 2.75) is 26.2 Å². The molecule has 1 heterocycles. The molecule has 2 rings (SSSR count). The summed E-state index contributed by atoms with van der Waals surface area (Å²) < 4.78 is 10.4. The molecule has 0 unspecified atom stereocenters. The summed E-state index contributed by atoms with van der Waals surface area (Å²) in [4.78, 5) is 11.4. The van der Waals surface area contributed by atoms with Gasteiger partial charge in [-0.3, -0.25) is 0 Å². The zero-order chi connectivity index (χ0) is 13.1. The van der Waals surface area contributed by atoms with Gasteiger partial charge in [-0.05, 0) is 31.4 Å². The second-order valence-corrected chi connectivity index (χ2v) is 4.45. The van der Waals surface area contributed by atoms with Crippen LogP contribution in [0.3, 0.4) is 0 Å². The zero-order valence-electron chi connectivity index (χ0n) is 10.5. The van der Waals surface area contributed by atoms with Gasteiger partial charge in [-0.1, -0.05) is 6.92 Å². The SMILES string of the molecule is CCOC(=O)/C(C#N)=C/c1ccc([C@@H]2C[C@@H]2C)o1. The van der Waals surface area contributed by atoms with Gasteiger partial charge in [0.1, 0.15) is 23.2 Å². The van der Waals surface area contributed by atoms with Crippen molar-refractivity contribution >= 4 is 12.0 Å². The van der Waals surface area contributed by atoms with Gasteiger partial charge in [0, 0.05) is 12.0 Å². The van der Waals surface area contributed by atoms with E-state index in [9.17, 15) is 4.79 Å². The topological polar surface area (TPSA) is 63.2 Å². The van der Waals surface area contributed by atoms with Crippen molar-refractivity contribution in [1.82, 2.24) is 0 Å². The normalized spacial score (nSPS) is 22.4. The van der Waals surface area contributed by atoms with Crippen LogP contribution in [0, 0.1) is 17.2 Å². The van der Waals surface area contributed by atoms with Crippen LogP contribution in [0.2, 0.25) is 0 Å². The van der Waals surface area contributed by atoms with Crippen molar-refractivity contribution < 1.29 is 13.9 Å². The third kappa shape index (κ3) is 2.62. The van der Waals surface area contributed by atoms with Gasteiger partial charge >= 0.3 is 5.97 Å². The summed E-state index contributed by atoms with van der Waals surface area (Å²) in [6.45, 7) is 4.12. The van der Waals surface area contributed by atoms with Crippen LogP contribution in [-0.4, -0.2) is 12.6 Å². The molecule has 1 aliphatic carbocycles. The molecule has 94 valence electrons. The maximum Gasteiger partial charge on any atom is 0.349 e. The highest BCUT2D eigenvalue weighted by molar-refractivity contribution is 5.97. The number of nitriles is 1. The number of nitrogens with zero attached hydrogens (tertiary/aromatic N) is 1. The molecule has 1 aromatic rings. The van der Waals surface area contributed by atoms with Gasteiger partial charge in [0.05, 0.1) is 6.61 Å². The molecule has 4 nitrogen and oxygen atoms in total. The number of rotatable bonds is 4. The lowest BCUT2D eigenvalue weighted by atomic mass is 10.2. The smallest absolute Gasteiger partial charge is 0.349 e. The maximum absolute atomic E-state index is 11.4. The first-order valence-corrected chi connectivity index (χ1v) is 6.04. The Morgan fingerprint density at radius 3 is 2.94 bits per heavy atom. The highest BCUT2D eigenvalue weighted by Crippen LogP contribution is 2.47. The molecule has 0 saturated heterocycles. The number of esters is 1. The standard InChI is InChI=1S/C14H15NO3/c1-3-17-14(16)10(8-15)7-11-4-5-13(18-11)12-6-9(12)2/h4-5,7,9,12H,3,6H2,1-2H3/b10-7+/t9-,12+/m0/s1. The van der Waals surface area contributed by atoms with E-state index >= 15 is 0 Å². The van der Waals surface area contributed by atoms with E-state index in [0.717, 1.165) is 12.2 Å². The lowest BCUT2D eigenvalue weighted by Gasteiger charge is -1.98. The summed E-state index contributed by atoms with van der Waals surface area (Å²) in [5.74, 6) is 1.98. The van der Waals surface area contributed by atoms with Crippen molar-refractivity contribution in [3.8, 4) is 6.07 Å². The van der Waals surface area contributed by atoms with Crippen LogP contribution >= 0.6 is 0 Å². The Hall–Kier alpha value is -2.02. The first-order valence-electron chi connectivity index (χ1n) is 6.04. The van der Waals surface area contributed by atoms with Crippen LogP contribution in [0.15, 0.2) is 22.1 Å². The average molecular weight is 245 g/mol. The lowest BCUT2D eigenvalue weighted by molar-refractivity contribution is -0.137. The number of hydrogen-bond donors (Lipinski definition) is 0. The molecule has 0 N–H and O–H groups in total. The minimum Gasteiger partial charge on any atom is -0.462 e. The number of carbonyl (C=O) groups excluding carboxylic acids is 1. The van der Waals surface area contributed by atoms with E-state index in [1.54, 1.807) is 13.0 Å². The fourth-order valence-corrected chi connectivity index (χ4v) is 1.85. The Balaban J connectivity index is 2.13. The molecule has 1 fully saturated rings. The molecule has 4 heteroatoms. The van der Waals surface area contributed by atoms with E-state index in [1.807, 2.05) is 12.1 Å². The molecule has 0 spiro atoms. The minimum atomic E-state index is -0.613. The summed E-state index contributed by atoms with van der Waals surface area (Å²) in [5.41, 5.74) is -0.0402. The lowest BCUT2D eigenvalue weighted by Crippen LogP contribution is -2.05. The second kappa shape index (κ2) is 5.09. The predicted molar refractivity (Wildman–Crippen MR) is 65.5 cm³/mol. The molecule has 0 aliphatic heterocycles. The first kappa shape index (κ1) is 12.4. The van der Waals surface area contributed by atoms with Gasteiger partial charge < -0.3 is 9.15 Å². The average Bonchev–Trinajstić information content (AvgIpc) is 2.91. The van der Waals surface area contributed by atoms with Crippen molar-refractivity contribution in [2.24, 2.45) is 5.92 Å². The van der Waals surface area contributed by atoms with E-state index in [0.29, 0.717) is 17.6 Å². The van der Waals surface area contributed by atoms with Crippen LogP contribution in [0.1, 0.15) is 37.7 Å². The van der Waals surface area contributed by atoms with Crippen LogP contribution in [0.25, 0.3) is 6.08 Å². The minimum absolute atomic E-state index is 0.0402. The van der Waals surface area contributed by atoms with Crippen LogP contribution in [-0.2, 0) is 9.53 Å². The Morgan fingerprint density at radius 2 is 2.39 bits per heavy atom. The molecular weight excluding hydrogens is 230 g/mol. The highest BCUT2D eigenvalue weighted by Gasteiger charge is 2.36. The molecule has 0 amide bonds.